The minimum Gasteiger partial charge on any atom is -0.481 e. The normalized spacial score (nSPS) is 28.6. The number of rotatable bonds is 3. The van der Waals surface area contributed by atoms with Crippen LogP contribution >= 0.6 is 0 Å². The Morgan fingerprint density at radius 2 is 2.00 bits per heavy atom. The van der Waals surface area contributed by atoms with Crippen molar-refractivity contribution in [1.29, 1.82) is 0 Å². The fourth-order valence-electron chi connectivity index (χ4n) is 2.11. The van der Waals surface area contributed by atoms with Gasteiger partial charge in [0.1, 0.15) is 0 Å². The summed E-state index contributed by atoms with van der Waals surface area (Å²) in [5, 5.41) is 9.18. The molecule has 0 bridgehead atoms. The summed E-state index contributed by atoms with van der Waals surface area (Å²) in [4.78, 5) is 24.9. The Balaban J connectivity index is 2.73. The molecule has 3 N–H and O–H groups in total. The van der Waals surface area contributed by atoms with Crippen LogP contribution in [0.3, 0.4) is 0 Å². The largest absolute Gasteiger partial charge is 0.481 e. The highest BCUT2D eigenvalue weighted by Crippen LogP contribution is 2.30. The fraction of sp³-hybridized carbons (Fsp3) is 0.833. The molecule has 17 heavy (non-hydrogen) atoms. The average Bonchev–Trinajstić information content (AvgIpc) is 2.26. The van der Waals surface area contributed by atoms with Gasteiger partial charge in [-0.3, -0.25) is 9.59 Å². The van der Waals surface area contributed by atoms with Gasteiger partial charge in [0, 0.05) is 19.1 Å². The molecule has 1 rings (SSSR count). The quantitative estimate of drug-likeness (QED) is 0.762. The van der Waals surface area contributed by atoms with Crippen LogP contribution in [0.25, 0.3) is 0 Å². The number of hydrogen-bond acceptors (Lipinski definition) is 3. The van der Waals surface area contributed by atoms with Gasteiger partial charge in [-0.2, -0.15) is 0 Å². The van der Waals surface area contributed by atoms with E-state index in [9.17, 15) is 14.7 Å². The second-order valence-electron chi connectivity index (χ2n) is 5.38. The first-order valence-corrected chi connectivity index (χ1v) is 6.06. The number of carboxylic acids is 1. The van der Waals surface area contributed by atoms with Gasteiger partial charge in [0.2, 0.25) is 5.91 Å². The van der Waals surface area contributed by atoms with Crippen LogP contribution < -0.4 is 5.73 Å². The topological polar surface area (TPSA) is 83.6 Å². The Morgan fingerprint density at radius 1 is 1.41 bits per heavy atom. The highest BCUT2D eigenvalue weighted by atomic mass is 16.4. The van der Waals surface area contributed by atoms with E-state index in [1.807, 2.05) is 0 Å². The Labute approximate surface area is 102 Å². The summed E-state index contributed by atoms with van der Waals surface area (Å²) in [5.74, 6) is -1.12. The summed E-state index contributed by atoms with van der Waals surface area (Å²) in [5.41, 5.74) is 4.89. The fourth-order valence-corrected chi connectivity index (χ4v) is 2.11. The van der Waals surface area contributed by atoms with E-state index < -0.39 is 11.4 Å². The number of carbonyl (C=O) groups excluding carboxylic acids is 1. The second kappa shape index (κ2) is 5.04. The molecule has 0 radical (unpaired) electrons. The molecule has 0 saturated carbocycles. The van der Waals surface area contributed by atoms with Crippen LogP contribution in [0, 0.1) is 11.3 Å². The lowest BCUT2D eigenvalue weighted by Crippen LogP contribution is -2.51. The summed E-state index contributed by atoms with van der Waals surface area (Å²) in [7, 11) is 0. The lowest BCUT2D eigenvalue weighted by Gasteiger charge is -2.39. The molecule has 5 heteroatoms. The lowest BCUT2D eigenvalue weighted by molar-refractivity contribution is -0.154. The maximum absolute atomic E-state index is 12.1. The number of hydrogen-bond donors (Lipinski definition) is 2. The Bertz CT molecular complexity index is 317. The predicted octanol–water partition coefficient (Wildman–Crippen LogP) is 0.683. The van der Waals surface area contributed by atoms with Crippen LogP contribution in [0.2, 0.25) is 0 Å². The molecule has 98 valence electrons. The van der Waals surface area contributed by atoms with Crippen LogP contribution in [-0.2, 0) is 9.59 Å². The molecule has 0 aromatic rings. The summed E-state index contributed by atoms with van der Waals surface area (Å²) >= 11 is 0. The lowest BCUT2D eigenvalue weighted by atomic mass is 9.81. The van der Waals surface area contributed by atoms with E-state index in [0.29, 0.717) is 13.0 Å². The number of carbonyl (C=O) groups is 2. The minimum atomic E-state index is -0.830. The number of amides is 1. The van der Waals surface area contributed by atoms with Gasteiger partial charge in [0.05, 0.1) is 11.3 Å². The number of nitrogens with zero attached hydrogens (tertiary/aromatic N) is 1. The van der Waals surface area contributed by atoms with Crippen LogP contribution in [0.1, 0.15) is 33.6 Å². The second-order valence-corrected chi connectivity index (χ2v) is 5.38. The predicted molar refractivity (Wildman–Crippen MR) is 64.4 cm³/mol. The number of nitrogens with two attached hydrogens (primary N) is 1. The minimum absolute atomic E-state index is 0.0350. The molecule has 1 aliphatic rings. The molecule has 1 aliphatic heterocycles. The van der Waals surface area contributed by atoms with Gasteiger partial charge >= 0.3 is 5.97 Å². The number of carboxylic acid groups (broad SMARTS) is 1. The van der Waals surface area contributed by atoms with E-state index in [1.54, 1.807) is 25.7 Å². The van der Waals surface area contributed by atoms with E-state index in [1.165, 1.54) is 0 Å². The molecule has 5 nitrogen and oxygen atoms in total. The zero-order valence-electron chi connectivity index (χ0n) is 10.8. The van der Waals surface area contributed by atoms with E-state index in [2.05, 4.69) is 0 Å². The molecule has 1 fully saturated rings. The molecule has 0 aromatic carbocycles. The van der Waals surface area contributed by atoms with E-state index in [-0.39, 0.29) is 24.4 Å². The molecule has 1 amide bonds. The van der Waals surface area contributed by atoms with Crippen molar-refractivity contribution in [3.63, 3.8) is 0 Å². The van der Waals surface area contributed by atoms with Crippen molar-refractivity contribution in [1.82, 2.24) is 4.90 Å². The molecule has 0 aromatic heterocycles. The maximum atomic E-state index is 12.1. The Morgan fingerprint density at radius 3 is 2.47 bits per heavy atom. The molecular formula is C12H22N2O3. The molecule has 1 heterocycles. The molecule has 0 spiro atoms. The Hall–Kier alpha value is -1.10. The standard InChI is InChI=1S/C12H22N2O3/c1-8(9(2)13)10(15)14-6-4-5-12(3,7-14)11(16)17/h8-9H,4-7,13H2,1-3H3,(H,16,17). The van der Waals surface area contributed by atoms with Crippen molar-refractivity contribution in [3.8, 4) is 0 Å². The molecule has 3 atom stereocenters. The first-order chi connectivity index (χ1) is 7.78. The average molecular weight is 242 g/mol. The zero-order valence-corrected chi connectivity index (χ0v) is 10.8. The molecule has 0 aliphatic carbocycles. The highest BCUT2D eigenvalue weighted by molar-refractivity contribution is 5.81. The summed E-state index contributed by atoms with van der Waals surface area (Å²) in [6.07, 6.45) is 1.36. The van der Waals surface area contributed by atoms with Crippen molar-refractivity contribution in [3.05, 3.63) is 0 Å². The van der Waals surface area contributed by atoms with E-state index in [0.717, 1.165) is 6.42 Å². The molecule has 3 unspecified atom stereocenters. The first kappa shape index (κ1) is 14.0. The van der Waals surface area contributed by atoms with Crippen molar-refractivity contribution < 1.29 is 14.7 Å². The van der Waals surface area contributed by atoms with Crippen LogP contribution in [-0.4, -0.2) is 41.0 Å². The number of aliphatic carboxylic acids is 1. The smallest absolute Gasteiger partial charge is 0.311 e. The van der Waals surface area contributed by atoms with Gasteiger partial charge in [-0.1, -0.05) is 6.92 Å². The zero-order chi connectivity index (χ0) is 13.2. The van der Waals surface area contributed by atoms with Crippen LogP contribution in [0.15, 0.2) is 0 Å². The first-order valence-electron chi connectivity index (χ1n) is 6.06. The third kappa shape index (κ3) is 2.97. The van der Waals surface area contributed by atoms with Crippen molar-refractivity contribution in [2.45, 2.75) is 39.7 Å². The Kier molecular flexibility index (Phi) is 4.14. The third-order valence-electron chi connectivity index (χ3n) is 3.70. The van der Waals surface area contributed by atoms with E-state index in [4.69, 9.17) is 5.73 Å². The number of likely N-dealkylation sites (tertiary alicyclic amines) is 1. The van der Waals surface area contributed by atoms with E-state index >= 15 is 0 Å². The van der Waals surface area contributed by atoms with Crippen LogP contribution in [0.4, 0.5) is 0 Å². The monoisotopic (exact) mass is 242 g/mol. The summed E-state index contributed by atoms with van der Waals surface area (Å²) in [6, 6.07) is -0.208. The van der Waals surface area contributed by atoms with Gasteiger partial charge in [-0.05, 0) is 26.7 Å². The SMILES string of the molecule is CC(N)C(C)C(=O)N1CCCC(C)(C(=O)O)C1. The third-order valence-corrected chi connectivity index (χ3v) is 3.70. The van der Waals surface area contributed by atoms with Gasteiger partial charge in [0.25, 0.3) is 0 Å². The maximum Gasteiger partial charge on any atom is 0.311 e. The van der Waals surface area contributed by atoms with Crippen molar-refractivity contribution >= 4 is 11.9 Å². The summed E-state index contributed by atoms with van der Waals surface area (Å²) in [6.45, 7) is 6.21. The molecule has 1 saturated heterocycles. The van der Waals surface area contributed by atoms with Gasteiger partial charge in [-0.15, -0.1) is 0 Å². The van der Waals surface area contributed by atoms with Crippen molar-refractivity contribution in [2.24, 2.45) is 17.1 Å². The van der Waals surface area contributed by atoms with Gasteiger partial charge < -0.3 is 15.7 Å². The van der Waals surface area contributed by atoms with Gasteiger partial charge in [0.15, 0.2) is 0 Å². The highest BCUT2D eigenvalue weighted by Gasteiger charge is 2.40. The number of piperidine rings is 1. The molecular weight excluding hydrogens is 220 g/mol. The van der Waals surface area contributed by atoms with Crippen LogP contribution in [0.5, 0.6) is 0 Å². The van der Waals surface area contributed by atoms with Crippen molar-refractivity contribution in [2.75, 3.05) is 13.1 Å². The summed E-state index contributed by atoms with van der Waals surface area (Å²) < 4.78 is 0. The van der Waals surface area contributed by atoms with Gasteiger partial charge in [-0.25, -0.2) is 0 Å².